The van der Waals surface area contributed by atoms with Gasteiger partial charge in [-0.15, -0.1) is 0 Å². The monoisotopic (exact) mass is 244 g/mol. The molecule has 0 unspecified atom stereocenters. The van der Waals surface area contributed by atoms with Crippen LogP contribution in [0, 0.1) is 20.8 Å². The third kappa shape index (κ3) is 5.48. The molecule has 0 N–H and O–H groups in total. The van der Waals surface area contributed by atoms with Gasteiger partial charge in [0.25, 0.3) is 0 Å². The zero-order valence-corrected chi connectivity index (χ0v) is 11.5. The second-order valence-electron chi connectivity index (χ2n) is 4.20. The molecule has 0 aliphatic heterocycles. The van der Waals surface area contributed by atoms with E-state index in [1.807, 2.05) is 33.2 Å². The predicted octanol–water partition coefficient (Wildman–Crippen LogP) is 2.83. The summed E-state index contributed by atoms with van der Waals surface area (Å²) in [5, 5.41) is 0. The van der Waals surface area contributed by atoms with Crippen molar-refractivity contribution in [1.29, 1.82) is 0 Å². The standard InChI is InChI=1S/C8H12N2.C6H8N2/c1-3-4-8-6-9-7(2)5-10-8;1-5-3-8-6(2)4-7-5/h5-6H,3-4H2,1-2H3;3-4H,1-2H3. The Morgan fingerprint density at radius 1 is 0.722 bits per heavy atom. The molecule has 0 radical (unpaired) electrons. The van der Waals surface area contributed by atoms with E-state index in [9.17, 15) is 0 Å². The van der Waals surface area contributed by atoms with Crippen LogP contribution in [0.4, 0.5) is 0 Å². The molecule has 2 heterocycles. The van der Waals surface area contributed by atoms with E-state index in [1.54, 1.807) is 12.4 Å². The highest BCUT2D eigenvalue weighted by Crippen LogP contribution is 1.96. The van der Waals surface area contributed by atoms with Gasteiger partial charge in [-0.25, -0.2) is 0 Å². The second kappa shape index (κ2) is 7.48. The van der Waals surface area contributed by atoms with E-state index in [2.05, 4.69) is 26.9 Å². The van der Waals surface area contributed by atoms with Crippen molar-refractivity contribution >= 4 is 0 Å². The van der Waals surface area contributed by atoms with E-state index in [-0.39, 0.29) is 0 Å². The molecule has 0 fully saturated rings. The largest absolute Gasteiger partial charge is 0.258 e. The average molecular weight is 244 g/mol. The van der Waals surface area contributed by atoms with Gasteiger partial charge >= 0.3 is 0 Å². The van der Waals surface area contributed by atoms with E-state index >= 15 is 0 Å². The van der Waals surface area contributed by atoms with Gasteiger partial charge in [0.15, 0.2) is 0 Å². The Morgan fingerprint density at radius 3 is 1.50 bits per heavy atom. The number of hydrogen-bond acceptors (Lipinski definition) is 4. The van der Waals surface area contributed by atoms with E-state index in [0.29, 0.717) is 0 Å². The molecular weight excluding hydrogens is 224 g/mol. The molecule has 4 nitrogen and oxygen atoms in total. The number of nitrogens with zero attached hydrogens (tertiary/aromatic N) is 4. The lowest BCUT2D eigenvalue weighted by Crippen LogP contribution is -1.91. The van der Waals surface area contributed by atoms with E-state index < -0.39 is 0 Å². The maximum atomic E-state index is 4.21. The minimum atomic E-state index is 0.968. The first kappa shape index (κ1) is 14.2. The van der Waals surface area contributed by atoms with Crippen LogP contribution in [0.3, 0.4) is 0 Å². The van der Waals surface area contributed by atoms with Gasteiger partial charge in [-0.3, -0.25) is 19.9 Å². The molecular formula is C14H20N4. The summed E-state index contributed by atoms with van der Waals surface area (Å²) in [4.78, 5) is 16.4. The van der Waals surface area contributed by atoms with Gasteiger partial charge in [0.1, 0.15) is 0 Å². The Labute approximate surface area is 109 Å². The van der Waals surface area contributed by atoms with Gasteiger partial charge < -0.3 is 0 Å². The van der Waals surface area contributed by atoms with E-state index in [0.717, 1.165) is 35.6 Å². The Balaban J connectivity index is 0.000000184. The van der Waals surface area contributed by atoms with Crippen LogP contribution in [0.1, 0.15) is 36.1 Å². The van der Waals surface area contributed by atoms with Crippen LogP contribution in [0.2, 0.25) is 0 Å². The lowest BCUT2D eigenvalue weighted by atomic mass is 10.3. The predicted molar refractivity (Wildman–Crippen MR) is 72.3 cm³/mol. The van der Waals surface area contributed by atoms with Gasteiger partial charge in [0.05, 0.1) is 22.8 Å². The first-order valence-corrected chi connectivity index (χ1v) is 6.14. The molecule has 4 heteroatoms. The summed E-state index contributed by atoms with van der Waals surface area (Å²) in [5.74, 6) is 0. The number of aryl methyl sites for hydroxylation is 4. The van der Waals surface area contributed by atoms with Crippen LogP contribution < -0.4 is 0 Å². The number of aromatic nitrogens is 4. The molecule has 2 aromatic rings. The van der Waals surface area contributed by atoms with Gasteiger partial charge in [-0.05, 0) is 27.2 Å². The maximum absolute atomic E-state index is 4.21. The molecule has 2 rings (SSSR count). The molecule has 0 aliphatic rings. The summed E-state index contributed by atoms with van der Waals surface area (Å²) < 4.78 is 0. The van der Waals surface area contributed by atoms with Crippen molar-refractivity contribution in [2.24, 2.45) is 0 Å². The summed E-state index contributed by atoms with van der Waals surface area (Å²) in [6.07, 6.45) is 9.35. The normalized spacial score (nSPS) is 9.56. The number of rotatable bonds is 2. The van der Waals surface area contributed by atoms with E-state index in [4.69, 9.17) is 0 Å². The van der Waals surface area contributed by atoms with Crippen LogP contribution in [-0.4, -0.2) is 19.9 Å². The van der Waals surface area contributed by atoms with Crippen LogP contribution >= 0.6 is 0 Å². The lowest BCUT2D eigenvalue weighted by Gasteiger charge is -1.95. The zero-order chi connectivity index (χ0) is 13.4. The van der Waals surface area contributed by atoms with Crippen LogP contribution in [0.5, 0.6) is 0 Å². The van der Waals surface area contributed by atoms with Gasteiger partial charge in [0.2, 0.25) is 0 Å². The first-order chi connectivity index (χ1) is 8.61. The molecule has 0 spiro atoms. The van der Waals surface area contributed by atoms with Crippen molar-refractivity contribution in [3.05, 3.63) is 47.6 Å². The quantitative estimate of drug-likeness (QED) is 0.815. The van der Waals surface area contributed by atoms with E-state index in [1.165, 1.54) is 0 Å². The maximum Gasteiger partial charge on any atom is 0.0586 e. The summed E-state index contributed by atoms with van der Waals surface area (Å²) in [6, 6.07) is 0. The van der Waals surface area contributed by atoms with Crippen molar-refractivity contribution in [1.82, 2.24) is 19.9 Å². The Bertz CT molecular complexity index is 427. The van der Waals surface area contributed by atoms with Crippen molar-refractivity contribution < 1.29 is 0 Å². The smallest absolute Gasteiger partial charge is 0.0586 e. The average Bonchev–Trinajstić information content (AvgIpc) is 2.37. The molecule has 0 saturated carbocycles. The van der Waals surface area contributed by atoms with Gasteiger partial charge in [-0.2, -0.15) is 0 Å². The van der Waals surface area contributed by atoms with Crippen molar-refractivity contribution in [3.8, 4) is 0 Å². The Morgan fingerprint density at radius 2 is 1.17 bits per heavy atom. The first-order valence-electron chi connectivity index (χ1n) is 6.14. The van der Waals surface area contributed by atoms with Crippen LogP contribution in [-0.2, 0) is 6.42 Å². The fraction of sp³-hybridized carbons (Fsp3) is 0.429. The summed E-state index contributed by atoms with van der Waals surface area (Å²) in [5.41, 5.74) is 4.01. The molecule has 0 atom stereocenters. The summed E-state index contributed by atoms with van der Waals surface area (Å²) in [7, 11) is 0. The highest BCUT2D eigenvalue weighted by molar-refractivity contribution is 5.00. The summed E-state index contributed by atoms with van der Waals surface area (Å²) >= 11 is 0. The van der Waals surface area contributed by atoms with Crippen LogP contribution in [0.25, 0.3) is 0 Å². The molecule has 18 heavy (non-hydrogen) atoms. The minimum Gasteiger partial charge on any atom is -0.258 e. The SMILES string of the molecule is CCCc1cnc(C)cn1.Cc1cnc(C)cn1. The topological polar surface area (TPSA) is 51.6 Å². The molecule has 96 valence electrons. The molecule has 0 aliphatic carbocycles. The minimum absolute atomic E-state index is 0.968. The fourth-order valence-corrected chi connectivity index (χ4v) is 1.26. The highest BCUT2D eigenvalue weighted by atomic mass is 14.8. The highest BCUT2D eigenvalue weighted by Gasteiger charge is 1.90. The third-order valence-electron chi connectivity index (χ3n) is 2.25. The van der Waals surface area contributed by atoms with Crippen molar-refractivity contribution in [2.45, 2.75) is 40.5 Å². The Kier molecular flexibility index (Phi) is 5.91. The Hall–Kier alpha value is -1.84. The van der Waals surface area contributed by atoms with Gasteiger partial charge in [0, 0.05) is 24.8 Å². The lowest BCUT2D eigenvalue weighted by molar-refractivity contribution is 0.864. The van der Waals surface area contributed by atoms with Crippen molar-refractivity contribution in [2.75, 3.05) is 0 Å². The third-order valence-corrected chi connectivity index (χ3v) is 2.25. The molecule has 0 bridgehead atoms. The molecule has 0 aromatic carbocycles. The molecule has 0 saturated heterocycles. The van der Waals surface area contributed by atoms with Gasteiger partial charge in [-0.1, -0.05) is 13.3 Å². The fourth-order valence-electron chi connectivity index (χ4n) is 1.26. The molecule has 0 amide bonds. The summed E-state index contributed by atoms with van der Waals surface area (Å²) in [6.45, 7) is 7.93. The van der Waals surface area contributed by atoms with Crippen molar-refractivity contribution in [3.63, 3.8) is 0 Å². The zero-order valence-electron chi connectivity index (χ0n) is 11.5. The number of hydrogen-bond donors (Lipinski definition) is 0. The van der Waals surface area contributed by atoms with Crippen LogP contribution in [0.15, 0.2) is 24.8 Å². The molecule has 2 aromatic heterocycles. The second-order valence-corrected chi connectivity index (χ2v) is 4.20.